The lowest BCUT2D eigenvalue weighted by molar-refractivity contribution is -0.387. The van der Waals surface area contributed by atoms with Gasteiger partial charge in [0.15, 0.2) is 0 Å². The van der Waals surface area contributed by atoms with E-state index in [0.717, 1.165) is 5.56 Å². The topological polar surface area (TPSA) is 77.6 Å². The van der Waals surface area contributed by atoms with Crippen molar-refractivity contribution >= 4 is 23.2 Å². The minimum atomic E-state index is -0.381. The Morgan fingerprint density at radius 2 is 1.69 bits per heavy atom. The van der Waals surface area contributed by atoms with E-state index in [0.29, 0.717) is 27.8 Å². The summed E-state index contributed by atoms with van der Waals surface area (Å²) in [5.74, 6) is 0. The molecule has 0 saturated heterocycles. The number of nitro groups is 1. The molecule has 3 rings (SSSR count). The van der Waals surface area contributed by atoms with Gasteiger partial charge in [0.1, 0.15) is 11.6 Å². The van der Waals surface area contributed by atoms with Crippen LogP contribution in [0.4, 0.5) is 5.69 Å². The van der Waals surface area contributed by atoms with Crippen molar-refractivity contribution in [2.45, 2.75) is 58.1 Å². The van der Waals surface area contributed by atoms with E-state index in [-0.39, 0.29) is 10.6 Å². The van der Waals surface area contributed by atoms with Gasteiger partial charge < -0.3 is 4.84 Å². The number of nitro benzene ring substituents is 1. The second-order valence-corrected chi connectivity index (χ2v) is 8.83. The molecule has 166 valence electrons. The summed E-state index contributed by atoms with van der Waals surface area (Å²) in [6, 6.07) is 10.6. The summed E-state index contributed by atoms with van der Waals surface area (Å²) in [4.78, 5) is 21.7. The van der Waals surface area contributed by atoms with Gasteiger partial charge in [-0.1, -0.05) is 29.1 Å². The lowest BCUT2D eigenvalue weighted by atomic mass is 9.90. The van der Waals surface area contributed by atoms with Crippen molar-refractivity contribution in [1.29, 1.82) is 0 Å². The second kappa shape index (κ2) is 9.96. The molecule has 0 bridgehead atoms. The van der Waals surface area contributed by atoms with Gasteiger partial charge in [-0.25, -0.2) is 4.98 Å². The monoisotopic (exact) mass is 449 g/mol. The van der Waals surface area contributed by atoms with Crippen molar-refractivity contribution in [3.05, 3.63) is 91.7 Å². The maximum absolute atomic E-state index is 11.7. The Labute approximate surface area is 192 Å². The molecule has 7 heteroatoms. The van der Waals surface area contributed by atoms with Crippen LogP contribution in [0.3, 0.4) is 0 Å². The van der Waals surface area contributed by atoms with Gasteiger partial charge in [-0.15, -0.1) is 0 Å². The summed E-state index contributed by atoms with van der Waals surface area (Å²) in [6.45, 7) is 12.7. The van der Waals surface area contributed by atoms with Crippen molar-refractivity contribution in [2.75, 3.05) is 0 Å². The van der Waals surface area contributed by atoms with Gasteiger partial charge in [0, 0.05) is 17.8 Å². The molecule has 0 amide bonds. The Balaban J connectivity index is 1.81. The highest BCUT2D eigenvalue weighted by Gasteiger charge is 2.18. The standard InChI is InChI=1S/C25H27N3O3S/c1-15-16(2)18(4)22(19(5)17(15)3)14-31-27-20(6)21-10-11-24(23(13-21)28(29)30)32-25-9-7-8-12-26-25/h7-13H,14H2,1-6H3/b27-20+. The van der Waals surface area contributed by atoms with E-state index < -0.39 is 0 Å². The molecule has 0 atom stereocenters. The molecule has 0 aliphatic heterocycles. The van der Waals surface area contributed by atoms with Crippen LogP contribution in [0.25, 0.3) is 0 Å². The Morgan fingerprint density at radius 1 is 1.03 bits per heavy atom. The molecule has 0 unspecified atom stereocenters. The first-order chi connectivity index (χ1) is 15.2. The molecule has 0 spiro atoms. The minimum absolute atomic E-state index is 0.0178. The third-order valence-electron chi connectivity index (χ3n) is 5.99. The number of pyridine rings is 1. The van der Waals surface area contributed by atoms with Gasteiger partial charge in [0.25, 0.3) is 5.69 Å². The lowest BCUT2D eigenvalue weighted by Crippen LogP contribution is -2.05. The summed E-state index contributed by atoms with van der Waals surface area (Å²) in [6.07, 6.45) is 1.66. The van der Waals surface area contributed by atoms with E-state index in [1.165, 1.54) is 45.6 Å². The molecular formula is C25H27N3O3S. The third kappa shape index (κ3) is 4.99. The molecule has 0 aliphatic carbocycles. The highest BCUT2D eigenvalue weighted by molar-refractivity contribution is 7.99. The zero-order chi connectivity index (χ0) is 23.4. The van der Waals surface area contributed by atoms with Crippen LogP contribution in [-0.2, 0) is 11.4 Å². The molecule has 0 N–H and O–H groups in total. The minimum Gasteiger partial charge on any atom is -0.391 e. The fraction of sp³-hybridized carbons (Fsp3) is 0.280. The number of rotatable bonds is 7. The number of hydrogen-bond donors (Lipinski definition) is 0. The molecule has 0 saturated carbocycles. The van der Waals surface area contributed by atoms with Gasteiger partial charge in [-0.3, -0.25) is 10.1 Å². The smallest absolute Gasteiger partial charge is 0.283 e. The van der Waals surface area contributed by atoms with Crippen LogP contribution < -0.4 is 0 Å². The second-order valence-electron chi connectivity index (χ2n) is 7.76. The first kappa shape index (κ1) is 23.5. The normalized spacial score (nSPS) is 11.5. The predicted molar refractivity (Wildman–Crippen MR) is 129 cm³/mol. The average molecular weight is 450 g/mol. The maximum atomic E-state index is 11.7. The highest BCUT2D eigenvalue weighted by Crippen LogP contribution is 2.34. The molecule has 2 aromatic carbocycles. The average Bonchev–Trinajstić information content (AvgIpc) is 2.79. The van der Waals surface area contributed by atoms with Crippen LogP contribution in [0.5, 0.6) is 0 Å². The SMILES string of the molecule is C/C(=N\OCc1c(C)c(C)c(C)c(C)c1C)c1ccc(Sc2ccccn2)c([N+](=O)[O-])c1. The van der Waals surface area contributed by atoms with E-state index in [9.17, 15) is 10.1 Å². The zero-order valence-corrected chi connectivity index (χ0v) is 20.0. The summed E-state index contributed by atoms with van der Waals surface area (Å²) in [7, 11) is 0. The molecule has 1 heterocycles. The molecule has 0 fully saturated rings. The van der Waals surface area contributed by atoms with Gasteiger partial charge in [0.05, 0.1) is 15.5 Å². The first-order valence-electron chi connectivity index (χ1n) is 10.3. The summed E-state index contributed by atoms with van der Waals surface area (Å²) in [5.41, 5.74) is 8.65. The highest BCUT2D eigenvalue weighted by atomic mass is 32.2. The Hall–Kier alpha value is -3.19. The van der Waals surface area contributed by atoms with Crippen LogP contribution in [0, 0.1) is 44.7 Å². The van der Waals surface area contributed by atoms with Gasteiger partial charge in [-0.2, -0.15) is 0 Å². The lowest BCUT2D eigenvalue weighted by Gasteiger charge is -2.18. The Morgan fingerprint density at radius 3 is 2.28 bits per heavy atom. The Kier molecular flexibility index (Phi) is 7.30. The van der Waals surface area contributed by atoms with Crippen molar-refractivity contribution in [1.82, 2.24) is 4.98 Å². The van der Waals surface area contributed by atoms with E-state index >= 15 is 0 Å². The summed E-state index contributed by atoms with van der Waals surface area (Å²) >= 11 is 1.26. The van der Waals surface area contributed by atoms with E-state index in [4.69, 9.17) is 4.84 Å². The van der Waals surface area contributed by atoms with Crippen molar-refractivity contribution in [3.8, 4) is 0 Å². The number of hydrogen-bond acceptors (Lipinski definition) is 6. The molecular weight excluding hydrogens is 422 g/mol. The largest absolute Gasteiger partial charge is 0.391 e. The van der Waals surface area contributed by atoms with Gasteiger partial charge in [-0.05, 0) is 93.1 Å². The summed E-state index contributed by atoms with van der Waals surface area (Å²) < 4.78 is 0. The van der Waals surface area contributed by atoms with Crippen molar-refractivity contribution < 1.29 is 9.76 Å². The summed E-state index contributed by atoms with van der Waals surface area (Å²) in [5, 5.41) is 16.6. The molecule has 0 aliphatic rings. The quantitative estimate of drug-likeness (QED) is 0.230. The van der Waals surface area contributed by atoms with Crippen molar-refractivity contribution in [3.63, 3.8) is 0 Å². The number of nitrogens with zero attached hydrogens (tertiary/aromatic N) is 3. The van der Waals surface area contributed by atoms with Crippen LogP contribution in [0.2, 0.25) is 0 Å². The number of aromatic nitrogens is 1. The molecule has 3 aromatic rings. The van der Waals surface area contributed by atoms with Crippen molar-refractivity contribution in [2.24, 2.45) is 5.16 Å². The van der Waals surface area contributed by atoms with Crippen LogP contribution >= 0.6 is 11.8 Å². The number of oxime groups is 1. The fourth-order valence-electron chi connectivity index (χ4n) is 3.53. The molecule has 6 nitrogen and oxygen atoms in total. The van der Waals surface area contributed by atoms with Gasteiger partial charge >= 0.3 is 0 Å². The molecule has 0 radical (unpaired) electrons. The predicted octanol–water partition coefficient (Wildman–Crippen LogP) is 6.62. The van der Waals surface area contributed by atoms with E-state index in [2.05, 4.69) is 44.8 Å². The van der Waals surface area contributed by atoms with Gasteiger partial charge in [0.2, 0.25) is 0 Å². The first-order valence-corrected chi connectivity index (χ1v) is 11.1. The van der Waals surface area contributed by atoms with Crippen LogP contribution in [-0.4, -0.2) is 15.6 Å². The Bertz CT molecular complexity index is 1160. The van der Waals surface area contributed by atoms with E-state index in [1.807, 2.05) is 24.3 Å². The zero-order valence-electron chi connectivity index (χ0n) is 19.2. The molecule has 32 heavy (non-hydrogen) atoms. The number of benzene rings is 2. The fourth-order valence-corrected chi connectivity index (χ4v) is 4.39. The molecule has 1 aromatic heterocycles. The van der Waals surface area contributed by atoms with Crippen LogP contribution in [0.1, 0.15) is 45.9 Å². The maximum Gasteiger partial charge on any atom is 0.283 e. The van der Waals surface area contributed by atoms with Crippen LogP contribution in [0.15, 0.2) is 57.7 Å². The third-order valence-corrected chi connectivity index (χ3v) is 7.01. The van der Waals surface area contributed by atoms with E-state index in [1.54, 1.807) is 19.2 Å².